The van der Waals surface area contributed by atoms with Crippen LogP contribution in [0, 0.1) is 0 Å². The van der Waals surface area contributed by atoms with Crippen LogP contribution in [0.5, 0.6) is 0 Å². The Bertz CT molecular complexity index is 1460. The Morgan fingerprint density at radius 2 is 1.84 bits per heavy atom. The number of carbonyl (C=O) groups is 3. The number of aliphatic hydroxyl groups excluding tert-OH is 2. The number of esters is 1. The third-order valence-electron chi connectivity index (χ3n) is 8.67. The van der Waals surface area contributed by atoms with E-state index in [1.165, 1.54) is 6.26 Å². The Morgan fingerprint density at radius 1 is 1.04 bits per heavy atom. The molecule has 0 aromatic heterocycles. The van der Waals surface area contributed by atoms with Crippen LogP contribution >= 0.6 is 0 Å². The lowest BCUT2D eigenvalue weighted by Gasteiger charge is -2.32. The number of rotatable bonds is 10. The first-order valence-corrected chi connectivity index (χ1v) is 15.4. The molecule has 4 atom stereocenters. The normalized spacial score (nSPS) is 24.8. The second kappa shape index (κ2) is 13.5. The van der Waals surface area contributed by atoms with Crippen molar-refractivity contribution in [2.24, 2.45) is 0 Å². The predicted molar refractivity (Wildman–Crippen MR) is 162 cm³/mol. The Morgan fingerprint density at radius 3 is 2.60 bits per heavy atom. The highest BCUT2D eigenvalue weighted by Crippen LogP contribution is 2.45. The Labute approximate surface area is 261 Å². The van der Waals surface area contributed by atoms with Crippen molar-refractivity contribution in [2.45, 2.75) is 62.2 Å². The van der Waals surface area contributed by atoms with Crippen LogP contribution in [0.2, 0.25) is 0 Å². The molecule has 2 fully saturated rings. The van der Waals surface area contributed by atoms with Crippen LogP contribution in [0.1, 0.15) is 46.3 Å². The molecule has 2 aromatic carbocycles. The van der Waals surface area contributed by atoms with Crippen LogP contribution in [0.4, 0.5) is 0 Å². The van der Waals surface area contributed by atoms with Gasteiger partial charge in [-0.3, -0.25) is 9.59 Å². The van der Waals surface area contributed by atoms with Crippen LogP contribution in [0.15, 0.2) is 66.4 Å². The zero-order chi connectivity index (χ0) is 31.4. The third kappa shape index (κ3) is 6.67. The lowest BCUT2D eigenvalue weighted by atomic mass is 9.91. The zero-order valence-corrected chi connectivity index (χ0v) is 24.9. The fourth-order valence-electron chi connectivity index (χ4n) is 6.64. The van der Waals surface area contributed by atoms with Crippen molar-refractivity contribution in [3.63, 3.8) is 0 Å². The second-order valence-electron chi connectivity index (χ2n) is 11.7. The minimum Gasteiger partial charge on any atom is -0.499 e. The van der Waals surface area contributed by atoms with Crippen molar-refractivity contribution in [3.05, 3.63) is 88.7 Å². The van der Waals surface area contributed by atoms with E-state index >= 15 is 0 Å². The van der Waals surface area contributed by atoms with Crippen molar-refractivity contribution in [2.75, 3.05) is 32.9 Å². The number of ether oxygens (including phenoxy) is 4. The number of aliphatic hydroxyl groups is 2. The minimum atomic E-state index is -0.932. The van der Waals surface area contributed by atoms with Gasteiger partial charge in [-0.1, -0.05) is 36.4 Å². The van der Waals surface area contributed by atoms with Gasteiger partial charge in [0.25, 0.3) is 0 Å². The monoisotopic (exact) mass is 618 g/mol. The summed E-state index contributed by atoms with van der Waals surface area (Å²) in [6.07, 6.45) is 5.22. The summed E-state index contributed by atoms with van der Waals surface area (Å²) in [6, 6.07) is 14.3. The number of likely N-dealkylation sites (tertiary alicyclic amines) is 1. The van der Waals surface area contributed by atoms with Gasteiger partial charge in [0.15, 0.2) is 5.79 Å². The average molecular weight is 619 g/mol. The quantitative estimate of drug-likeness (QED) is 0.207. The smallest absolute Gasteiger partial charge is 0.338 e. The molecular formula is C34H38N2O9. The van der Waals surface area contributed by atoms with Crippen LogP contribution in [-0.2, 0) is 41.4 Å². The highest BCUT2D eigenvalue weighted by atomic mass is 16.8. The molecule has 3 N–H and O–H groups in total. The van der Waals surface area contributed by atoms with Gasteiger partial charge in [0, 0.05) is 37.9 Å². The van der Waals surface area contributed by atoms with Crippen molar-refractivity contribution < 1.29 is 43.5 Å². The molecule has 11 heteroatoms. The molecule has 2 aliphatic carbocycles. The predicted octanol–water partition coefficient (Wildman–Crippen LogP) is 1.90. The van der Waals surface area contributed by atoms with Gasteiger partial charge in [0.1, 0.15) is 31.0 Å². The summed E-state index contributed by atoms with van der Waals surface area (Å²) in [5.41, 5.74) is 3.70. The average Bonchev–Trinajstić information content (AvgIpc) is 3.77. The summed E-state index contributed by atoms with van der Waals surface area (Å²) >= 11 is 0. The summed E-state index contributed by atoms with van der Waals surface area (Å²) in [5, 5.41) is 20.7. The number of hydrogen-bond acceptors (Lipinski definition) is 9. The van der Waals surface area contributed by atoms with Gasteiger partial charge >= 0.3 is 5.97 Å². The van der Waals surface area contributed by atoms with E-state index in [4.69, 9.17) is 29.2 Å². The van der Waals surface area contributed by atoms with Crippen molar-refractivity contribution in [3.8, 4) is 0 Å². The van der Waals surface area contributed by atoms with E-state index in [0.717, 1.165) is 11.1 Å². The van der Waals surface area contributed by atoms with Gasteiger partial charge in [-0.25, -0.2) is 4.79 Å². The summed E-state index contributed by atoms with van der Waals surface area (Å²) in [5.74, 6) is -2.10. The Balaban J connectivity index is 1.24. The van der Waals surface area contributed by atoms with Crippen molar-refractivity contribution in [1.29, 1.82) is 0 Å². The van der Waals surface area contributed by atoms with E-state index in [0.29, 0.717) is 48.9 Å². The molecular weight excluding hydrogens is 580 g/mol. The molecule has 2 aromatic rings. The molecule has 2 heterocycles. The largest absolute Gasteiger partial charge is 0.499 e. The van der Waals surface area contributed by atoms with E-state index in [9.17, 15) is 14.4 Å². The topological polar surface area (TPSA) is 144 Å². The van der Waals surface area contributed by atoms with Crippen LogP contribution in [-0.4, -0.2) is 95.9 Å². The van der Waals surface area contributed by atoms with Gasteiger partial charge in [0.2, 0.25) is 11.8 Å². The highest BCUT2D eigenvalue weighted by molar-refractivity contribution is 5.98. The van der Waals surface area contributed by atoms with Crippen molar-refractivity contribution in [1.82, 2.24) is 10.2 Å². The number of amides is 2. The number of hydrogen-bond donors (Lipinski definition) is 3. The van der Waals surface area contributed by atoms with E-state index in [-0.39, 0.29) is 44.6 Å². The fraction of sp³-hybridized carbons (Fsp3) is 0.441. The van der Waals surface area contributed by atoms with Gasteiger partial charge < -0.3 is 39.4 Å². The zero-order valence-electron chi connectivity index (χ0n) is 24.9. The lowest BCUT2D eigenvalue weighted by molar-refractivity contribution is -0.172. The van der Waals surface area contributed by atoms with Crippen molar-refractivity contribution >= 4 is 23.9 Å². The molecule has 4 aliphatic rings. The SMILES string of the molecule is O=C(O[C@@H]1CC(C(=O)N2CCC[C@@H]2C(=O)NCCO)=C[C@H]2OC3(Cc4ccccc4C3)O[C@H]21)c1cccc(C=COCCO)c1. The number of fused-ring (bicyclic) bond motifs is 2. The van der Waals surface area contributed by atoms with E-state index in [1.54, 1.807) is 35.3 Å². The molecule has 11 nitrogen and oxygen atoms in total. The standard InChI is InChI=1S/C34H38N2O9/c37-13-11-35-31(39)27-9-4-12-36(27)32(40)26-18-28(43-33(41)23-8-3-5-22(17-23)10-15-42-16-14-38)30-29(19-26)44-34(45-30)20-24-6-1-2-7-25(24)21-34/h1-3,5-8,10,15,17,19,27-30,37-38H,4,9,11-14,16,18,20-21H2,(H,35,39)/t27-,28-,29-,30+/m1/s1. The van der Waals surface area contributed by atoms with Gasteiger partial charge in [-0.05, 0) is 53.8 Å². The molecule has 2 amide bonds. The first-order valence-electron chi connectivity index (χ1n) is 15.4. The van der Waals surface area contributed by atoms with Gasteiger partial charge in [-0.15, -0.1) is 0 Å². The molecule has 238 valence electrons. The summed E-state index contributed by atoms with van der Waals surface area (Å²) < 4.78 is 24.4. The molecule has 2 aliphatic heterocycles. The van der Waals surface area contributed by atoms with Gasteiger partial charge in [0.05, 0.1) is 25.0 Å². The first kappa shape index (κ1) is 31.0. The molecule has 0 radical (unpaired) electrons. The molecule has 6 rings (SSSR count). The second-order valence-corrected chi connectivity index (χ2v) is 11.7. The highest BCUT2D eigenvalue weighted by Gasteiger charge is 2.55. The van der Waals surface area contributed by atoms with Gasteiger partial charge in [-0.2, -0.15) is 0 Å². The Hall–Kier alpha value is -4.03. The maximum absolute atomic E-state index is 13.9. The summed E-state index contributed by atoms with van der Waals surface area (Å²) in [7, 11) is 0. The van der Waals surface area contributed by atoms with E-state index < -0.39 is 36.1 Å². The number of benzene rings is 2. The number of nitrogens with one attached hydrogen (secondary N) is 1. The molecule has 0 saturated carbocycles. The molecule has 0 bridgehead atoms. The molecule has 0 unspecified atom stereocenters. The Kier molecular flexibility index (Phi) is 9.32. The fourth-order valence-corrected chi connectivity index (χ4v) is 6.64. The maximum atomic E-state index is 13.9. The number of nitrogens with zero attached hydrogens (tertiary/aromatic N) is 1. The first-order chi connectivity index (χ1) is 21.9. The van der Waals surface area contributed by atoms with Crippen LogP contribution in [0.25, 0.3) is 6.08 Å². The lowest BCUT2D eigenvalue weighted by Crippen LogP contribution is -2.49. The van der Waals surface area contributed by atoms with Crippen LogP contribution < -0.4 is 5.32 Å². The summed E-state index contributed by atoms with van der Waals surface area (Å²) in [4.78, 5) is 41.8. The van der Waals surface area contributed by atoms with E-state index in [2.05, 4.69) is 5.32 Å². The molecule has 2 saturated heterocycles. The summed E-state index contributed by atoms with van der Waals surface area (Å²) in [6.45, 7) is 0.410. The molecule has 1 spiro atoms. The van der Waals surface area contributed by atoms with E-state index in [1.807, 2.05) is 30.3 Å². The number of carbonyl (C=O) groups excluding carboxylic acids is 3. The minimum absolute atomic E-state index is 0.103. The van der Waals surface area contributed by atoms with Crippen LogP contribution in [0.3, 0.4) is 0 Å². The molecule has 45 heavy (non-hydrogen) atoms. The maximum Gasteiger partial charge on any atom is 0.338 e. The third-order valence-corrected chi connectivity index (χ3v) is 8.67.